The number of anilines is 2. The van der Waals surface area contributed by atoms with Gasteiger partial charge < -0.3 is 10.1 Å². The maximum absolute atomic E-state index is 13.2. The SMILES string of the molecule is COc1cc(C)cc(-c2nc(NC(=O)Nc3cc(C(F)(F)F)cc(C(F)(F)F)c3)ncc2-c2ccncc2)c1. The van der Waals surface area contributed by atoms with Gasteiger partial charge in [-0.1, -0.05) is 0 Å². The Hall–Kier alpha value is -4.68. The molecule has 4 aromatic rings. The Morgan fingerprint density at radius 3 is 2.08 bits per heavy atom. The number of amides is 2. The van der Waals surface area contributed by atoms with Gasteiger partial charge in [-0.3, -0.25) is 10.3 Å². The lowest BCUT2D eigenvalue weighted by Gasteiger charge is -2.15. The molecule has 202 valence electrons. The molecule has 39 heavy (non-hydrogen) atoms. The molecule has 2 heterocycles. The summed E-state index contributed by atoms with van der Waals surface area (Å²) in [6.45, 7) is 1.84. The number of carbonyl (C=O) groups is 1. The molecule has 2 N–H and O–H groups in total. The smallest absolute Gasteiger partial charge is 0.416 e. The Morgan fingerprint density at radius 2 is 1.49 bits per heavy atom. The average Bonchev–Trinajstić information content (AvgIpc) is 2.87. The van der Waals surface area contributed by atoms with Crippen LogP contribution in [0.25, 0.3) is 22.4 Å². The Labute approximate surface area is 217 Å². The fourth-order valence-corrected chi connectivity index (χ4v) is 3.70. The third-order valence-corrected chi connectivity index (χ3v) is 5.41. The number of benzene rings is 2. The van der Waals surface area contributed by atoms with E-state index >= 15 is 0 Å². The lowest BCUT2D eigenvalue weighted by molar-refractivity contribution is -0.143. The summed E-state index contributed by atoms with van der Waals surface area (Å²) in [5, 5.41) is 4.25. The van der Waals surface area contributed by atoms with Gasteiger partial charge >= 0.3 is 18.4 Å². The van der Waals surface area contributed by atoms with Gasteiger partial charge in [0.2, 0.25) is 5.95 Å². The first-order valence-electron chi connectivity index (χ1n) is 11.1. The fourth-order valence-electron chi connectivity index (χ4n) is 3.70. The van der Waals surface area contributed by atoms with E-state index in [9.17, 15) is 31.1 Å². The summed E-state index contributed by atoms with van der Waals surface area (Å²) >= 11 is 0. The Morgan fingerprint density at radius 1 is 0.846 bits per heavy atom. The molecule has 0 spiro atoms. The molecule has 0 aliphatic carbocycles. The molecule has 4 rings (SSSR count). The van der Waals surface area contributed by atoms with E-state index in [2.05, 4.69) is 20.3 Å². The van der Waals surface area contributed by atoms with Crippen molar-refractivity contribution in [2.45, 2.75) is 19.3 Å². The van der Waals surface area contributed by atoms with Gasteiger partial charge in [0.15, 0.2) is 0 Å². The third-order valence-electron chi connectivity index (χ3n) is 5.41. The van der Waals surface area contributed by atoms with Gasteiger partial charge in [-0.2, -0.15) is 26.3 Å². The number of hydrogen-bond acceptors (Lipinski definition) is 5. The maximum Gasteiger partial charge on any atom is 0.416 e. The minimum absolute atomic E-state index is 0.0353. The van der Waals surface area contributed by atoms with E-state index in [0.717, 1.165) is 5.56 Å². The number of rotatable bonds is 5. The van der Waals surface area contributed by atoms with Crippen LogP contribution in [-0.2, 0) is 12.4 Å². The van der Waals surface area contributed by atoms with Crippen molar-refractivity contribution in [3.8, 4) is 28.1 Å². The number of aromatic nitrogens is 3. The predicted molar refractivity (Wildman–Crippen MR) is 131 cm³/mol. The van der Waals surface area contributed by atoms with Crippen molar-refractivity contribution in [1.29, 1.82) is 0 Å². The van der Waals surface area contributed by atoms with E-state index in [1.807, 2.05) is 18.3 Å². The number of nitrogens with one attached hydrogen (secondary N) is 2. The average molecular weight is 547 g/mol. The van der Waals surface area contributed by atoms with Gasteiger partial charge in [-0.15, -0.1) is 0 Å². The molecule has 0 aliphatic heterocycles. The second-order valence-electron chi connectivity index (χ2n) is 8.30. The zero-order valence-corrected chi connectivity index (χ0v) is 20.3. The van der Waals surface area contributed by atoms with Gasteiger partial charge in [-0.25, -0.2) is 14.8 Å². The number of pyridine rings is 1. The van der Waals surface area contributed by atoms with Crippen molar-refractivity contribution in [1.82, 2.24) is 15.0 Å². The van der Waals surface area contributed by atoms with Crippen LogP contribution in [0.5, 0.6) is 5.75 Å². The normalized spacial score (nSPS) is 11.7. The van der Waals surface area contributed by atoms with Gasteiger partial charge in [0.1, 0.15) is 5.75 Å². The molecule has 2 amide bonds. The fraction of sp³-hybridized carbons (Fsp3) is 0.154. The molecule has 2 aromatic carbocycles. The molecule has 0 atom stereocenters. The number of aryl methyl sites for hydroxylation is 1. The minimum atomic E-state index is -5.07. The van der Waals surface area contributed by atoms with Crippen LogP contribution in [0, 0.1) is 6.92 Å². The Balaban J connectivity index is 1.69. The Kier molecular flexibility index (Phi) is 7.43. The lowest BCUT2D eigenvalue weighted by atomic mass is 10.00. The highest BCUT2D eigenvalue weighted by atomic mass is 19.4. The number of carbonyl (C=O) groups excluding carboxylic acids is 1. The van der Waals surface area contributed by atoms with Crippen molar-refractivity contribution in [3.05, 3.63) is 83.8 Å². The van der Waals surface area contributed by atoms with E-state index in [4.69, 9.17) is 4.74 Å². The topological polar surface area (TPSA) is 89.0 Å². The quantitative estimate of drug-likeness (QED) is 0.258. The summed E-state index contributed by atoms with van der Waals surface area (Å²) in [5.41, 5.74) is -0.733. The van der Waals surface area contributed by atoms with E-state index in [1.165, 1.54) is 13.3 Å². The summed E-state index contributed by atoms with van der Waals surface area (Å²) in [6.07, 6.45) is -5.57. The third kappa shape index (κ3) is 6.61. The van der Waals surface area contributed by atoms with Crippen LogP contribution in [-0.4, -0.2) is 28.1 Å². The molecule has 0 bridgehead atoms. The second-order valence-corrected chi connectivity index (χ2v) is 8.30. The summed E-state index contributed by atoms with van der Waals surface area (Å²) in [7, 11) is 1.50. The van der Waals surface area contributed by atoms with Crippen LogP contribution in [0.3, 0.4) is 0 Å². The van der Waals surface area contributed by atoms with Crippen LogP contribution in [0.1, 0.15) is 16.7 Å². The number of urea groups is 1. The molecular formula is C26H19F6N5O2. The van der Waals surface area contributed by atoms with Gasteiger partial charge in [0.05, 0.1) is 23.9 Å². The van der Waals surface area contributed by atoms with Crippen molar-refractivity contribution in [3.63, 3.8) is 0 Å². The molecule has 7 nitrogen and oxygen atoms in total. The first-order chi connectivity index (χ1) is 18.3. The van der Waals surface area contributed by atoms with Crippen LogP contribution < -0.4 is 15.4 Å². The highest BCUT2D eigenvalue weighted by molar-refractivity contribution is 5.99. The molecule has 2 aromatic heterocycles. The summed E-state index contributed by atoms with van der Waals surface area (Å²) < 4.78 is 84.3. The first-order valence-corrected chi connectivity index (χ1v) is 11.1. The zero-order valence-electron chi connectivity index (χ0n) is 20.3. The monoisotopic (exact) mass is 547 g/mol. The standard InChI is InChI=1S/C26H19F6N5O2/c1-14-7-16(9-20(8-14)39-2)22-21(15-3-5-33-6-4-15)13-34-23(36-22)37-24(38)35-19-11-17(25(27,28)29)10-18(12-19)26(30,31)32/h3-13H,1-2H3,(H2,34,35,36,37,38). The number of methoxy groups -OCH3 is 1. The molecule has 13 heteroatoms. The van der Waals surface area contributed by atoms with E-state index < -0.39 is 35.2 Å². The molecule has 0 saturated heterocycles. The van der Waals surface area contributed by atoms with Gasteiger partial charge in [0, 0.05) is 35.4 Å². The van der Waals surface area contributed by atoms with Crippen molar-refractivity contribution in [2.24, 2.45) is 0 Å². The van der Waals surface area contributed by atoms with Crippen molar-refractivity contribution >= 4 is 17.7 Å². The maximum atomic E-state index is 13.2. The van der Waals surface area contributed by atoms with E-state index in [1.54, 1.807) is 36.7 Å². The highest BCUT2D eigenvalue weighted by Gasteiger charge is 2.37. The minimum Gasteiger partial charge on any atom is -0.497 e. The summed E-state index contributed by atoms with van der Waals surface area (Å²) in [6, 6.07) is 8.39. The van der Waals surface area contributed by atoms with E-state index in [0.29, 0.717) is 40.3 Å². The van der Waals surface area contributed by atoms with Gasteiger partial charge in [0.25, 0.3) is 0 Å². The Bertz CT molecular complexity index is 1480. The molecule has 0 fully saturated rings. The lowest BCUT2D eigenvalue weighted by Crippen LogP contribution is -2.22. The van der Waals surface area contributed by atoms with Crippen LogP contribution in [0.4, 0.5) is 42.8 Å². The number of ether oxygens (including phenoxy) is 1. The van der Waals surface area contributed by atoms with Crippen LogP contribution in [0.2, 0.25) is 0 Å². The number of hydrogen-bond donors (Lipinski definition) is 2. The summed E-state index contributed by atoms with van der Waals surface area (Å²) in [4.78, 5) is 25.1. The summed E-state index contributed by atoms with van der Waals surface area (Å²) in [5.74, 6) is 0.297. The number of halogens is 6. The molecular weight excluding hydrogens is 528 g/mol. The molecule has 0 aliphatic rings. The molecule has 0 saturated carbocycles. The molecule has 0 radical (unpaired) electrons. The predicted octanol–water partition coefficient (Wildman–Crippen LogP) is 7.20. The zero-order chi connectivity index (χ0) is 28.4. The highest BCUT2D eigenvalue weighted by Crippen LogP contribution is 2.38. The first kappa shape index (κ1) is 27.4. The number of alkyl halides is 6. The number of nitrogens with zero attached hydrogens (tertiary/aromatic N) is 3. The van der Waals surface area contributed by atoms with Crippen LogP contribution in [0.15, 0.2) is 67.1 Å². The second kappa shape index (κ2) is 10.6. The van der Waals surface area contributed by atoms with E-state index in [-0.39, 0.29) is 12.0 Å². The molecule has 0 unspecified atom stereocenters. The van der Waals surface area contributed by atoms with Crippen molar-refractivity contribution < 1.29 is 35.9 Å². The largest absolute Gasteiger partial charge is 0.497 e. The van der Waals surface area contributed by atoms with Crippen molar-refractivity contribution in [2.75, 3.05) is 17.7 Å². The van der Waals surface area contributed by atoms with Gasteiger partial charge in [-0.05, 0) is 66.6 Å². The van der Waals surface area contributed by atoms with Crippen LogP contribution >= 0.6 is 0 Å².